The SMILES string of the molecule is C#Cc1cccc(Nc2ncc(Br)cn2)c1. The van der Waals surface area contributed by atoms with Crippen LogP contribution in [0.15, 0.2) is 41.1 Å². The van der Waals surface area contributed by atoms with E-state index in [0.29, 0.717) is 5.95 Å². The lowest BCUT2D eigenvalue weighted by Gasteiger charge is -2.04. The van der Waals surface area contributed by atoms with E-state index >= 15 is 0 Å². The summed E-state index contributed by atoms with van der Waals surface area (Å²) < 4.78 is 0.843. The lowest BCUT2D eigenvalue weighted by molar-refractivity contribution is 1.15. The van der Waals surface area contributed by atoms with Gasteiger partial charge in [0.25, 0.3) is 0 Å². The van der Waals surface area contributed by atoms with Crippen LogP contribution in [-0.2, 0) is 0 Å². The van der Waals surface area contributed by atoms with Crippen molar-refractivity contribution in [1.29, 1.82) is 0 Å². The largest absolute Gasteiger partial charge is 0.324 e. The van der Waals surface area contributed by atoms with E-state index in [9.17, 15) is 0 Å². The Hall–Kier alpha value is -1.86. The Bertz CT molecular complexity index is 529. The van der Waals surface area contributed by atoms with E-state index in [1.165, 1.54) is 0 Å². The van der Waals surface area contributed by atoms with Gasteiger partial charge in [-0.05, 0) is 34.1 Å². The van der Waals surface area contributed by atoms with Crippen LogP contribution in [-0.4, -0.2) is 9.97 Å². The lowest BCUT2D eigenvalue weighted by Crippen LogP contribution is -1.96. The molecule has 1 aromatic heterocycles. The molecular formula is C12H8BrN3. The van der Waals surface area contributed by atoms with Gasteiger partial charge >= 0.3 is 0 Å². The molecule has 0 bridgehead atoms. The molecule has 0 spiro atoms. The second-order valence-electron chi connectivity index (χ2n) is 3.08. The summed E-state index contributed by atoms with van der Waals surface area (Å²) in [5.41, 5.74) is 1.69. The topological polar surface area (TPSA) is 37.8 Å². The zero-order valence-corrected chi connectivity index (χ0v) is 9.90. The number of aromatic nitrogens is 2. The molecular weight excluding hydrogens is 266 g/mol. The molecule has 2 rings (SSSR count). The van der Waals surface area contributed by atoms with E-state index in [2.05, 4.69) is 37.1 Å². The number of terminal acetylenes is 1. The highest BCUT2D eigenvalue weighted by Gasteiger charge is 1.97. The van der Waals surface area contributed by atoms with Crippen molar-refractivity contribution in [1.82, 2.24) is 9.97 Å². The smallest absolute Gasteiger partial charge is 0.227 e. The van der Waals surface area contributed by atoms with Crippen LogP contribution in [0.25, 0.3) is 0 Å². The maximum atomic E-state index is 5.32. The molecule has 0 aliphatic heterocycles. The second kappa shape index (κ2) is 4.77. The molecule has 1 heterocycles. The maximum absolute atomic E-state index is 5.32. The number of nitrogens with one attached hydrogen (secondary N) is 1. The second-order valence-corrected chi connectivity index (χ2v) is 3.99. The molecule has 2 aromatic rings. The highest BCUT2D eigenvalue weighted by Crippen LogP contribution is 2.15. The minimum Gasteiger partial charge on any atom is -0.324 e. The highest BCUT2D eigenvalue weighted by molar-refractivity contribution is 9.10. The molecule has 1 aromatic carbocycles. The van der Waals surface area contributed by atoms with Crippen LogP contribution in [0.3, 0.4) is 0 Å². The molecule has 78 valence electrons. The Morgan fingerprint density at radius 3 is 2.69 bits per heavy atom. The molecule has 4 heteroatoms. The average molecular weight is 274 g/mol. The number of halogens is 1. The fourth-order valence-corrected chi connectivity index (χ4v) is 1.40. The minimum absolute atomic E-state index is 0.539. The number of rotatable bonds is 2. The predicted molar refractivity (Wildman–Crippen MR) is 67.4 cm³/mol. The van der Waals surface area contributed by atoms with Crippen molar-refractivity contribution in [3.63, 3.8) is 0 Å². The molecule has 0 aliphatic carbocycles. The Balaban J connectivity index is 2.21. The third-order valence-electron chi connectivity index (χ3n) is 1.91. The van der Waals surface area contributed by atoms with E-state index in [1.807, 2.05) is 24.3 Å². The summed E-state index contributed by atoms with van der Waals surface area (Å²) in [5, 5.41) is 3.07. The fraction of sp³-hybridized carbons (Fsp3) is 0. The summed E-state index contributed by atoms with van der Waals surface area (Å²) in [6.45, 7) is 0. The zero-order chi connectivity index (χ0) is 11.4. The van der Waals surface area contributed by atoms with E-state index < -0.39 is 0 Å². The highest BCUT2D eigenvalue weighted by atomic mass is 79.9. The van der Waals surface area contributed by atoms with Crippen LogP contribution in [0, 0.1) is 12.3 Å². The molecule has 1 N–H and O–H groups in total. The first kappa shape index (κ1) is 10.7. The van der Waals surface area contributed by atoms with Crippen LogP contribution >= 0.6 is 15.9 Å². The van der Waals surface area contributed by atoms with Gasteiger partial charge in [-0.1, -0.05) is 12.0 Å². The van der Waals surface area contributed by atoms with E-state index in [0.717, 1.165) is 15.7 Å². The van der Waals surface area contributed by atoms with Crippen molar-refractivity contribution in [2.45, 2.75) is 0 Å². The van der Waals surface area contributed by atoms with Crippen LogP contribution in [0.1, 0.15) is 5.56 Å². The van der Waals surface area contributed by atoms with Crippen molar-refractivity contribution < 1.29 is 0 Å². The summed E-state index contributed by atoms with van der Waals surface area (Å²) in [6, 6.07) is 7.53. The van der Waals surface area contributed by atoms with Crippen molar-refractivity contribution >= 4 is 27.6 Å². The van der Waals surface area contributed by atoms with E-state index in [1.54, 1.807) is 12.4 Å². The Morgan fingerprint density at radius 1 is 1.25 bits per heavy atom. The lowest BCUT2D eigenvalue weighted by atomic mass is 10.2. The maximum Gasteiger partial charge on any atom is 0.227 e. The van der Waals surface area contributed by atoms with Crippen LogP contribution in [0.5, 0.6) is 0 Å². The number of nitrogens with zero attached hydrogens (tertiary/aromatic N) is 2. The normalized spacial score (nSPS) is 9.50. The Kier molecular flexibility index (Phi) is 3.18. The fourth-order valence-electron chi connectivity index (χ4n) is 1.19. The van der Waals surface area contributed by atoms with Gasteiger partial charge in [-0.2, -0.15) is 0 Å². The number of anilines is 2. The van der Waals surface area contributed by atoms with Gasteiger partial charge in [0.05, 0.1) is 4.47 Å². The van der Waals surface area contributed by atoms with Gasteiger partial charge in [-0.3, -0.25) is 0 Å². The molecule has 0 aliphatic rings. The zero-order valence-electron chi connectivity index (χ0n) is 8.31. The molecule has 0 saturated heterocycles. The summed E-state index contributed by atoms with van der Waals surface area (Å²) >= 11 is 3.27. The summed E-state index contributed by atoms with van der Waals surface area (Å²) in [6.07, 6.45) is 8.68. The molecule has 16 heavy (non-hydrogen) atoms. The predicted octanol–water partition coefficient (Wildman–Crippen LogP) is 2.96. The van der Waals surface area contributed by atoms with Crippen LogP contribution in [0.2, 0.25) is 0 Å². The van der Waals surface area contributed by atoms with Crippen LogP contribution < -0.4 is 5.32 Å². The first-order chi connectivity index (χ1) is 7.78. The van der Waals surface area contributed by atoms with Gasteiger partial charge in [0.2, 0.25) is 5.95 Å². The summed E-state index contributed by atoms with van der Waals surface area (Å²) in [4.78, 5) is 8.22. The van der Waals surface area contributed by atoms with E-state index in [-0.39, 0.29) is 0 Å². The third kappa shape index (κ3) is 2.59. The first-order valence-corrected chi connectivity index (χ1v) is 5.38. The summed E-state index contributed by atoms with van der Waals surface area (Å²) in [5.74, 6) is 3.11. The van der Waals surface area contributed by atoms with Crippen molar-refractivity contribution in [3.8, 4) is 12.3 Å². The third-order valence-corrected chi connectivity index (χ3v) is 2.32. The molecule has 0 atom stereocenters. The number of hydrogen-bond donors (Lipinski definition) is 1. The Morgan fingerprint density at radius 2 is 2.00 bits per heavy atom. The van der Waals surface area contributed by atoms with Crippen LogP contribution in [0.4, 0.5) is 11.6 Å². The minimum atomic E-state index is 0.539. The summed E-state index contributed by atoms with van der Waals surface area (Å²) in [7, 11) is 0. The molecule has 0 saturated carbocycles. The van der Waals surface area contributed by atoms with Crippen molar-refractivity contribution in [3.05, 3.63) is 46.7 Å². The molecule has 0 amide bonds. The monoisotopic (exact) mass is 273 g/mol. The standard InChI is InChI=1S/C12H8BrN3/c1-2-9-4-3-5-11(6-9)16-12-14-7-10(13)8-15-12/h1,3-8H,(H,14,15,16). The van der Waals surface area contributed by atoms with Gasteiger partial charge in [0, 0.05) is 23.6 Å². The van der Waals surface area contributed by atoms with Crippen molar-refractivity contribution in [2.24, 2.45) is 0 Å². The van der Waals surface area contributed by atoms with E-state index in [4.69, 9.17) is 6.42 Å². The average Bonchev–Trinajstić information content (AvgIpc) is 2.32. The first-order valence-electron chi connectivity index (χ1n) is 4.59. The molecule has 0 radical (unpaired) electrons. The molecule has 3 nitrogen and oxygen atoms in total. The van der Waals surface area contributed by atoms with Gasteiger partial charge in [0.15, 0.2) is 0 Å². The van der Waals surface area contributed by atoms with Gasteiger partial charge in [0.1, 0.15) is 0 Å². The van der Waals surface area contributed by atoms with Crippen molar-refractivity contribution in [2.75, 3.05) is 5.32 Å². The van der Waals surface area contributed by atoms with Gasteiger partial charge in [-0.25, -0.2) is 9.97 Å². The molecule has 0 unspecified atom stereocenters. The van der Waals surface area contributed by atoms with Gasteiger partial charge in [-0.15, -0.1) is 6.42 Å². The quantitative estimate of drug-likeness (QED) is 0.855. The molecule has 0 fully saturated rings. The number of hydrogen-bond acceptors (Lipinski definition) is 3. The number of benzene rings is 1. The van der Waals surface area contributed by atoms with Gasteiger partial charge < -0.3 is 5.32 Å². The Labute approximate surface area is 102 Å².